The molecule has 0 radical (unpaired) electrons. The minimum Gasteiger partial charge on any atom is -0.341 e. The van der Waals surface area contributed by atoms with Gasteiger partial charge in [0.25, 0.3) is 5.91 Å². The van der Waals surface area contributed by atoms with Crippen molar-refractivity contribution >= 4 is 27.7 Å². The van der Waals surface area contributed by atoms with E-state index in [1.165, 1.54) is 6.07 Å². The van der Waals surface area contributed by atoms with Crippen LogP contribution in [0.5, 0.6) is 0 Å². The highest BCUT2D eigenvalue weighted by molar-refractivity contribution is 7.98. The molecular weight excluding hydrogens is 356 g/mol. The minimum absolute atomic E-state index is 0.0820. The van der Waals surface area contributed by atoms with Crippen LogP contribution in [0.1, 0.15) is 43.0 Å². The number of amides is 1. The number of hydrogen-bond donors (Lipinski definition) is 0. The van der Waals surface area contributed by atoms with E-state index in [1.807, 2.05) is 13.2 Å². The maximum atomic E-state index is 13.1. The fourth-order valence-corrected chi connectivity index (χ4v) is 5.49. The fraction of sp³-hybridized carbons (Fsp3) is 0.611. The van der Waals surface area contributed by atoms with Gasteiger partial charge in [0, 0.05) is 37.5 Å². The second-order valence-corrected chi connectivity index (χ2v) is 9.27. The summed E-state index contributed by atoms with van der Waals surface area (Å²) >= 11 is 1.67. The maximum absolute atomic E-state index is 13.1. The largest absolute Gasteiger partial charge is 0.341 e. The molecule has 0 saturated heterocycles. The van der Waals surface area contributed by atoms with Crippen LogP contribution in [0, 0.1) is 0 Å². The van der Waals surface area contributed by atoms with Gasteiger partial charge in [0.2, 0.25) is 10.0 Å². The van der Waals surface area contributed by atoms with Gasteiger partial charge in [0.15, 0.2) is 0 Å². The van der Waals surface area contributed by atoms with Crippen LogP contribution < -0.4 is 0 Å². The summed E-state index contributed by atoms with van der Waals surface area (Å²) < 4.78 is 27.7. The summed E-state index contributed by atoms with van der Waals surface area (Å²) in [5.41, 5.74) is 0.423. The number of carbonyl (C=O) groups excluding carboxylic acids is 1. The first-order valence-electron chi connectivity index (χ1n) is 8.78. The Kier molecular flexibility index (Phi) is 7.34. The van der Waals surface area contributed by atoms with Gasteiger partial charge in [0.05, 0.1) is 4.90 Å². The van der Waals surface area contributed by atoms with E-state index in [2.05, 4.69) is 0 Å². The second kappa shape index (κ2) is 9.05. The Hall–Kier alpha value is -1.05. The lowest BCUT2D eigenvalue weighted by Gasteiger charge is -2.27. The van der Waals surface area contributed by atoms with Crippen LogP contribution in [0.4, 0.5) is 0 Å². The minimum atomic E-state index is -3.57. The maximum Gasteiger partial charge on any atom is 0.253 e. The zero-order valence-corrected chi connectivity index (χ0v) is 16.9. The summed E-state index contributed by atoms with van der Waals surface area (Å²) in [6, 6.07) is 6.53. The molecule has 5 nitrogen and oxygen atoms in total. The Balaban J connectivity index is 2.25. The first-order chi connectivity index (χ1) is 11.9. The van der Waals surface area contributed by atoms with Crippen molar-refractivity contribution in [2.75, 3.05) is 32.1 Å². The summed E-state index contributed by atoms with van der Waals surface area (Å²) in [7, 11) is -1.83. The van der Waals surface area contributed by atoms with E-state index in [9.17, 15) is 13.2 Å². The zero-order valence-electron chi connectivity index (χ0n) is 15.3. The SMILES string of the molecule is CCN(C1CCCC1)S(=O)(=O)c1cccc(C(=O)N(C)CCSC)c1. The summed E-state index contributed by atoms with van der Waals surface area (Å²) in [6.45, 7) is 2.97. The molecule has 1 amide bonds. The lowest BCUT2D eigenvalue weighted by Crippen LogP contribution is -2.38. The molecule has 0 bridgehead atoms. The molecular formula is C18H28N2O3S2. The third kappa shape index (κ3) is 4.77. The Morgan fingerprint density at radius 3 is 2.56 bits per heavy atom. The van der Waals surface area contributed by atoms with Gasteiger partial charge in [-0.15, -0.1) is 0 Å². The van der Waals surface area contributed by atoms with Gasteiger partial charge in [-0.25, -0.2) is 8.42 Å². The standard InChI is InChI=1S/C18H28N2O3S2/c1-4-20(16-9-5-6-10-16)25(22,23)17-11-7-8-15(14-17)18(21)19(2)12-13-24-3/h7-8,11,14,16H,4-6,9-10,12-13H2,1-3H3. The summed E-state index contributed by atoms with van der Waals surface area (Å²) in [6.07, 6.45) is 5.99. The van der Waals surface area contributed by atoms with Gasteiger partial charge >= 0.3 is 0 Å². The highest BCUT2D eigenvalue weighted by Gasteiger charge is 2.32. The third-order valence-electron chi connectivity index (χ3n) is 4.71. The van der Waals surface area contributed by atoms with Gasteiger partial charge in [-0.1, -0.05) is 25.8 Å². The van der Waals surface area contributed by atoms with Crippen molar-refractivity contribution in [3.63, 3.8) is 0 Å². The van der Waals surface area contributed by atoms with E-state index in [1.54, 1.807) is 46.2 Å². The van der Waals surface area contributed by atoms with E-state index in [-0.39, 0.29) is 16.8 Å². The van der Waals surface area contributed by atoms with Crippen LogP contribution >= 0.6 is 11.8 Å². The molecule has 0 aromatic heterocycles. The van der Waals surface area contributed by atoms with Crippen LogP contribution in [0.25, 0.3) is 0 Å². The van der Waals surface area contributed by atoms with Crippen molar-refractivity contribution in [3.05, 3.63) is 29.8 Å². The van der Waals surface area contributed by atoms with E-state index >= 15 is 0 Å². The Labute approximate surface area is 155 Å². The van der Waals surface area contributed by atoms with Gasteiger partial charge in [-0.2, -0.15) is 16.1 Å². The summed E-state index contributed by atoms with van der Waals surface area (Å²) in [4.78, 5) is 14.4. The second-order valence-electron chi connectivity index (χ2n) is 6.39. The smallest absolute Gasteiger partial charge is 0.253 e. The molecule has 0 heterocycles. The number of carbonyl (C=O) groups is 1. The third-order valence-corrected chi connectivity index (χ3v) is 7.32. The Bertz CT molecular complexity index is 685. The Morgan fingerprint density at radius 2 is 1.96 bits per heavy atom. The van der Waals surface area contributed by atoms with Crippen molar-refractivity contribution in [2.24, 2.45) is 0 Å². The number of benzene rings is 1. The Morgan fingerprint density at radius 1 is 1.28 bits per heavy atom. The van der Waals surface area contributed by atoms with Crippen LogP contribution in [0.15, 0.2) is 29.2 Å². The van der Waals surface area contributed by atoms with Crippen LogP contribution in [-0.4, -0.2) is 61.7 Å². The zero-order chi connectivity index (χ0) is 18.4. The molecule has 1 fully saturated rings. The van der Waals surface area contributed by atoms with Crippen molar-refractivity contribution in [3.8, 4) is 0 Å². The highest BCUT2D eigenvalue weighted by Crippen LogP contribution is 2.28. The average molecular weight is 385 g/mol. The predicted octanol–water partition coefficient (Wildman–Crippen LogP) is 3.07. The van der Waals surface area contributed by atoms with E-state index < -0.39 is 10.0 Å². The van der Waals surface area contributed by atoms with E-state index in [4.69, 9.17) is 0 Å². The number of thioether (sulfide) groups is 1. The molecule has 1 aromatic carbocycles. The van der Waals surface area contributed by atoms with E-state index in [0.29, 0.717) is 18.7 Å². The quantitative estimate of drug-likeness (QED) is 0.691. The number of rotatable bonds is 8. The molecule has 140 valence electrons. The normalized spacial score (nSPS) is 15.7. The molecule has 0 N–H and O–H groups in total. The van der Waals surface area contributed by atoms with Crippen molar-refractivity contribution in [2.45, 2.75) is 43.5 Å². The van der Waals surface area contributed by atoms with Gasteiger partial charge in [-0.3, -0.25) is 4.79 Å². The molecule has 1 aliphatic carbocycles. The molecule has 0 atom stereocenters. The summed E-state index contributed by atoms with van der Waals surface area (Å²) in [5, 5.41) is 0. The van der Waals surface area contributed by atoms with Gasteiger partial charge in [0.1, 0.15) is 0 Å². The predicted molar refractivity (Wildman–Crippen MR) is 104 cm³/mol. The fourth-order valence-electron chi connectivity index (χ4n) is 3.29. The highest BCUT2D eigenvalue weighted by atomic mass is 32.2. The monoisotopic (exact) mass is 384 g/mol. The molecule has 0 unspecified atom stereocenters. The lowest BCUT2D eigenvalue weighted by atomic mass is 10.2. The molecule has 0 spiro atoms. The van der Waals surface area contributed by atoms with E-state index in [0.717, 1.165) is 31.4 Å². The number of sulfonamides is 1. The van der Waals surface area contributed by atoms with Crippen molar-refractivity contribution in [1.82, 2.24) is 9.21 Å². The van der Waals surface area contributed by atoms with Crippen LogP contribution in [0.2, 0.25) is 0 Å². The molecule has 0 aliphatic heterocycles. The molecule has 2 rings (SSSR count). The van der Waals surface area contributed by atoms with Crippen molar-refractivity contribution in [1.29, 1.82) is 0 Å². The van der Waals surface area contributed by atoms with Crippen LogP contribution in [0.3, 0.4) is 0 Å². The first-order valence-corrected chi connectivity index (χ1v) is 11.6. The number of hydrogen-bond acceptors (Lipinski definition) is 4. The summed E-state index contributed by atoms with van der Waals surface area (Å²) in [5.74, 6) is 0.709. The topological polar surface area (TPSA) is 57.7 Å². The van der Waals surface area contributed by atoms with Gasteiger partial charge in [-0.05, 0) is 37.3 Å². The van der Waals surface area contributed by atoms with Gasteiger partial charge < -0.3 is 4.90 Å². The molecule has 1 saturated carbocycles. The van der Waals surface area contributed by atoms with Crippen molar-refractivity contribution < 1.29 is 13.2 Å². The molecule has 1 aromatic rings. The molecule has 1 aliphatic rings. The molecule has 7 heteroatoms. The number of nitrogens with zero attached hydrogens (tertiary/aromatic N) is 2. The first kappa shape index (κ1) is 20.3. The average Bonchev–Trinajstić information content (AvgIpc) is 3.13. The lowest BCUT2D eigenvalue weighted by molar-refractivity contribution is 0.0803. The molecule has 25 heavy (non-hydrogen) atoms. The van der Waals surface area contributed by atoms with Crippen LogP contribution in [-0.2, 0) is 10.0 Å².